The van der Waals surface area contributed by atoms with E-state index in [2.05, 4.69) is 14.2 Å². The van der Waals surface area contributed by atoms with Crippen LogP contribution < -0.4 is 19.9 Å². The Morgan fingerprint density at radius 3 is 2.03 bits per heavy atom. The Morgan fingerprint density at radius 1 is 0.935 bits per heavy atom. The summed E-state index contributed by atoms with van der Waals surface area (Å²) in [7, 11) is -4.38. The fraction of sp³-hybridized carbons (Fsp3) is 0.667. The van der Waals surface area contributed by atoms with E-state index in [0.29, 0.717) is 18.5 Å². The maximum Gasteiger partial charge on any atom is 0.422 e. The van der Waals surface area contributed by atoms with Crippen LogP contribution in [0.4, 0.5) is 26.3 Å². The standard InChI is InChI=1S/C18H24F6N2O4S/c19-17(20,21)10-29-14-5-6-15(30-11-18(22,23)24)16(7-14)31(27,28)26-9-13-3-1-12(8-25)2-4-13/h5-7,12-13,26H,1-4,8-11,25H2/t12-,13-. The number of nitrogens with two attached hydrogens (primary N) is 1. The van der Waals surface area contributed by atoms with Crippen LogP contribution in [0, 0.1) is 11.8 Å². The molecule has 178 valence electrons. The number of rotatable bonds is 9. The van der Waals surface area contributed by atoms with Crippen LogP contribution in [-0.2, 0) is 10.0 Å². The first kappa shape index (κ1) is 25.5. The molecule has 0 aromatic heterocycles. The van der Waals surface area contributed by atoms with Gasteiger partial charge < -0.3 is 15.2 Å². The van der Waals surface area contributed by atoms with Crippen molar-refractivity contribution in [1.29, 1.82) is 0 Å². The lowest BCUT2D eigenvalue weighted by Gasteiger charge is -2.27. The lowest BCUT2D eigenvalue weighted by Crippen LogP contribution is -2.32. The zero-order valence-electron chi connectivity index (χ0n) is 16.4. The summed E-state index contributed by atoms with van der Waals surface area (Å²) >= 11 is 0. The van der Waals surface area contributed by atoms with Crippen LogP contribution in [0.1, 0.15) is 25.7 Å². The van der Waals surface area contributed by atoms with Gasteiger partial charge in [0.05, 0.1) is 0 Å². The first-order valence-corrected chi connectivity index (χ1v) is 11.0. The minimum absolute atomic E-state index is 0.0155. The zero-order chi connectivity index (χ0) is 23.3. The maximum atomic E-state index is 12.7. The van der Waals surface area contributed by atoms with Crippen LogP contribution in [-0.4, -0.2) is 47.1 Å². The first-order chi connectivity index (χ1) is 14.3. The van der Waals surface area contributed by atoms with Crippen LogP contribution in [0.15, 0.2) is 23.1 Å². The van der Waals surface area contributed by atoms with Crippen molar-refractivity contribution in [1.82, 2.24) is 4.72 Å². The SMILES string of the molecule is NC[C@H]1CC[C@H](CNS(=O)(=O)c2cc(OCC(F)(F)F)ccc2OCC(F)(F)F)CC1. The highest BCUT2D eigenvalue weighted by atomic mass is 32.2. The maximum absolute atomic E-state index is 12.7. The molecule has 13 heteroatoms. The highest BCUT2D eigenvalue weighted by molar-refractivity contribution is 7.89. The van der Waals surface area contributed by atoms with Gasteiger partial charge in [-0.3, -0.25) is 0 Å². The molecule has 0 amide bonds. The second kappa shape index (κ2) is 10.3. The number of ether oxygens (including phenoxy) is 2. The van der Waals surface area contributed by atoms with E-state index in [-0.39, 0.29) is 12.5 Å². The number of hydrogen-bond acceptors (Lipinski definition) is 5. The third-order valence-corrected chi connectivity index (χ3v) is 6.30. The quantitative estimate of drug-likeness (QED) is 0.530. The van der Waals surface area contributed by atoms with Gasteiger partial charge in [-0.2, -0.15) is 26.3 Å². The summed E-state index contributed by atoms with van der Waals surface area (Å²) in [6.45, 7) is -2.87. The van der Waals surface area contributed by atoms with Crippen LogP contribution in [0.2, 0.25) is 0 Å². The van der Waals surface area contributed by atoms with Crippen LogP contribution in [0.3, 0.4) is 0 Å². The van der Waals surface area contributed by atoms with Crippen molar-refractivity contribution < 1.29 is 44.2 Å². The van der Waals surface area contributed by atoms with E-state index in [0.717, 1.165) is 37.8 Å². The number of alkyl halides is 6. The molecular weight excluding hydrogens is 454 g/mol. The van der Waals surface area contributed by atoms with Crippen molar-refractivity contribution in [2.75, 3.05) is 26.3 Å². The average Bonchev–Trinajstić information content (AvgIpc) is 2.68. The van der Waals surface area contributed by atoms with Gasteiger partial charge in [-0.05, 0) is 56.2 Å². The first-order valence-electron chi connectivity index (χ1n) is 9.52. The Kier molecular flexibility index (Phi) is 8.45. The van der Waals surface area contributed by atoms with Gasteiger partial charge in [0.15, 0.2) is 13.2 Å². The molecule has 1 aromatic rings. The Labute approximate surface area is 176 Å². The van der Waals surface area contributed by atoms with Gasteiger partial charge in [-0.1, -0.05) is 0 Å². The molecule has 1 fully saturated rings. The number of hydrogen-bond donors (Lipinski definition) is 2. The van der Waals surface area contributed by atoms with E-state index in [1.807, 2.05) is 0 Å². The number of benzene rings is 1. The van der Waals surface area contributed by atoms with E-state index in [1.165, 1.54) is 0 Å². The second-order valence-electron chi connectivity index (χ2n) is 7.39. The number of halogens is 6. The second-order valence-corrected chi connectivity index (χ2v) is 9.13. The molecule has 0 atom stereocenters. The molecule has 3 N–H and O–H groups in total. The van der Waals surface area contributed by atoms with E-state index in [1.54, 1.807) is 0 Å². The molecular formula is C18H24F6N2O4S. The van der Waals surface area contributed by atoms with Crippen LogP contribution >= 0.6 is 0 Å². The van der Waals surface area contributed by atoms with Gasteiger partial charge in [0.1, 0.15) is 16.4 Å². The summed E-state index contributed by atoms with van der Waals surface area (Å²) in [5.74, 6) is -0.726. The molecule has 0 bridgehead atoms. The van der Waals surface area contributed by atoms with E-state index in [9.17, 15) is 34.8 Å². The normalized spacial score (nSPS) is 20.5. The lowest BCUT2D eigenvalue weighted by molar-refractivity contribution is -0.154. The van der Waals surface area contributed by atoms with Crippen molar-refractivity contribution in [3.05, 3.63) is 18.2 Å². The van der Waals surface area contributed by atoms with Gasteiger partial charge in [0.25, 0.3) is 0 Å². The highest BCUT2D eigenvalue weighted by Crippen LogP contribution is 2.32. The number of nitrogens with one attached hydrogen (secondary N) is 1. The van der Waals surface area contributed by atoms with Crippen molar-refractivity contribution in [2.24, 2.45) is 17.6 Å². The molecule has 1 saturated carbocycles. The average molecular weight is 478 g/mol. The largest absolute Gasteiger partial charge is 0.484 e. The topological polar surface area (TPSA) is 90.7 Å². The summed E-state index contributed by atoms with van der Waals surface area (Å²) in [5.41, 5.74) is 5.62. The van der Waals surface area contributed by atoms with Gasteiger partial charge in [-0.15, -0.1) is 0 Å². The summed E-state index contributed by atoms with van der Waals surface area (Å²) in [5, 5.41) is 0. The van der Waals surface area contributed by atoms with Gasteiger partial charge in [0, 0.05) is 12.6 Å². The molecule has 1 aliphatic rings. The molecule has 0 unspecified atom stereocenters. The fourth-order valence-electron chi connectivity index (χ4n) is 3.21. The third kappa shape index (κ3) is 8.73. The monoisotopic (exact) mass is 478 g/mol. The molecule has 0 radical (unpaired) electrons. The smallest absolute Gasteiger partial charge is 0.422 e. The lowest BCUT2D eigenvalue weighted by atomic mass is 9.82. The van der Waals surface area contributed by atoms with Gasteiger partial charge in [0.2, 0.25) is 10.0 Å². The van der Waals surface area contributed by atoms with Crippen molar-refractivity contribution in [3.8, 4) is 11.5 Å². The molecule has 0 saturated heterocycles. The van der Waals surface area contributed by atoms with E-state index >= 15 is 0 Å². The minimum atomic E-state index is -4.73. The van der Waals surface area contributed by atoms with E-state index < -0.39 is 52.0 Å². The minimum Gasteiger partial charge on any atom is -0.484 e. The fourth-order valence-corrected chi connectivity index (χ4v) is 4.48. The molecule has 2 rings (SSSR count). The molecule has 0 spiro atoms. The highest BCUT2D eigenvalue weighted by Gasteiger charge is 2.32. The Morgan fingerprint density at radius 2 is 1.48 bits per heavy atom. The van der Waals surface area contributed by atoms with Crippen molar-refractivity contribution in [3.63, 3.8) is 0 Å². The zero-order valence-corrected chi connectivity index (χ0v) is 17.2. The third-order valence-electron chi connectivity index (χ3n) is 4.86. The van der Waals surface area contributed by atoms with Crippen molar-refractivity contribution >= 4 is 10.0 Å². The number of sulfonamides is 1. The Hall–Kier alpha value is -1.73. The summed E-state index contributed by atoms with van der Waals surface area (Å²) in [6.07, 6.45) is -6.27. The summed E-state index contributed by atoms with van der Waals surface area (Å²) in [6, 6.07) is 2.45. The molecule has 1 aliphatic carbocycles. The Balaban J connectivity index is 2.17. The molecule has 31 heavy (non-hydrogen) atoms. The molecule has 1 aromatic carbocycles. The summed E-state index contributed by atoms with van der Waals surface area (Å²) in [4.78, 5) is -0.730. The molecule has 0 heterocycles. The summed E-state index contributed by atoms with van der Waals surface area (Å²) < 4.78 is 111. The predicted molar refractivity (Wildman–Crippen MR) is 99.2 cm³/mol. The van der Waals surface area contributed by atoms with Gasteiger partial charge >= 0.3 is 12.4 Å². The molecule has 6 nitrogen and oxygen atoms in total. The van der Waals surface area contributed by atoms with Crippen LogP contribution in [0.5, 0.6) is 11.5 Å². The van der Waals surface area contributed by atoms with E-state index in [4.69, 9.17) is 5.73 Å². The predicted octanol–water partition coefficient (Wildman–Crippen LogP) is 3.61. The van der Waals surface area contributed by atoms with Crippen LogP contribution in [0.25, 0.3) is 0 Å². The molecule has 0 aliphatic heterocycles. The van der Waals surface area contributed by atoms with Crippen molar-refractivity contribution in [2.45, 2.75) is 42.9 Å². The van der Waals surface area contributed by atoms with Gasteiger partial charge in [-0.25, -0.2) is 13.1 Å². The Bertz CT molecular complexity index is 821.